The van der Waals surface area contributed by atoms with Crippen LogP contribution in [-0.4, -0.2) is 18.0 Å². The summed E-state index contributed by atoms with van der Waals surface area (Å²) in [5.74, 6) is 2.96. The maximum atomic E-state index is 6.26. The molecule has 1 aliphatic carbocycles. The van der Waals surface area contributed by atoms with Gasteiger partial charge in [0.15, 0.2) is 11.5 Å². The van der Waals surface area contributed by atoms with E-state index >= 15 is 0 Å². The van der Waals surface area contributed by atoms with Crippen LogP contribution < -0.4 is 14.8 Å². The van der Waals surface area contributed by atoms with E-state index in [4.69, 9.17) is 25.6 Å². The van der Waals surface area contributed by atoms with Crippen LogP contribution in [0.5, 0.6) is 11.5 Å². The Morgan fingerprint density at radius 3 is 3.00 bits per heavy atom. The molecular weight excluding hydrogens is 328 g/mol. The van der Waals surface area contributed by atoms with E-state index in [1.807, 2.05) is 25.1 Å². The monoisotopic (exact) mass is 348 g/mol. The van der Waals surface area contributed by atoms with Crippen molar-refractivity contribution >= 4 is 11.6 Å². The van der Waals surface area contributed by atoms with Crippen LogP contribution in [0.3, 0.4) is 0 Å². The van der Waals surface area contributed by atoms with Gasteiger partial charge < -0.3 is 19.3 Å². The number of benzene rings is 1. The van der Waals surface area contributed by atoms with Crippen LogP contribution in [0.2, 0.25) is 5.02 Å². The molecule has 24 heavy (non-hydrogen) atoms. The third-order valence-corrected chi connectivity index (χ3v) is 5.14. The van der Waals surface area contributed by atoms with E-state index in [0.717, 1.165) is 35.7 Å². The summed E-state index contributed by atoms with van der Waals surface area (Å²) in [6.45, 7) is 2.97. The van der Waals surface area contributed by atoms with Crippen molar-refractivity contribution in [1.82, 2.24) is 10.5 Å². The summed E-state index contributed by atoms with van der Waals surface area (Å²) in [5, 5.41) is 8.27. The van der Waals surface area contributed by atoms with Crippen molar-refractivity contribution in [1.29, 1.82) is 0 Å². The third kappa shape index (κ3) is 3.23. The van der Waals surface area contributed by atoms with Crippen LogP contribution in [0.25, 0.3) is 0 Å². The predicted octanol–water partition coefficient (Wildman–Crippen LogP) is 3.87. The number of halogens is 1. The Labute approximate surface area is 146 Å². The second-order valence-electron chi connectivity index (χ2n) is 6.63. The Morgan fingerprint density at radius 2 is 2.17 bits per heavy atom. The van der Waals surface area contributed by atoms with Gasteiger partial charge in [-0.15, -0.1) is 0 Å². The Hall–Kier alpha value is -1.72. The van der Waals surface area contributed by atoms with Crippen LogP contribution in [0.4, 0.5) is 0 Å². The molecule has 0 bridgehead atoms. The molecule has 1 aliphatic heterocycles. The van der Waals surface area contributed by atoms with Gasteiger partial charge in [0, 0.05) is 25.1 Å². The van der Waals surface area contributed by atoms with Gasteiger partial charge in [0.1, 0.15) is 5.76 Å². The predicted molar refractivity (Wildman–Crippen MR) is 90.5 cm³/mol. The SMILES string of the molecule is Cc1cc(C[C@@H]2CCC[C@H]2NCc2cc(Cl)c3c(c2)OCO3)on1. The summed E-state index contributed by atoms with van der Waals surface area (Å²) >= 11 is 6.26. The van der Waals surface area contributed by atoms with Crippen LogP contribution in [0, 0.1) is 12.8 Å². The van der Waals surface area contributed by atoms with E-state index in [1.54, 1.807) is 0 Å². The van der Waals surface area contributed by atoms with E-state index in [0.29, 0.717) is 22.7 Å². The van der Waals surface area contributed by atoms with E-state index in [2.05, 4.69) is 10.5 Å². The summed E-state index contributed by atoms with van der Waals surface area (Å²) in [5.41, 5.74) is 2.06. The van der Waals surface area contributed by atoms with Gasteiger partial charge in [-0.25, -0.2) is 0 Å². The van der Waals surface area contributed by atoms with Gasteiger partial charge in [-0.1, -0.05) is 23.2 Å². The maximum Gasteiger partial charge on any atom is 0.231 e. The number of fused-ring (bicyclic) bond motifs is 1. The standard InChI is InChI=1S/C18H21ClN2O3/c1-11-5-14(24-21-11)8-13-3-2-4-16(13)20-9-12-6-15(19)18-17(7-12)22-10-23-18/h5-7,13,16,20H,2-4,8-10H2,1H3/t13-,16+/m0/s1. The molecule has 6 heteroatoms. The number of ether oxygens (including phenoxy) is 2. The molecule has 2 aliphatic rings. The van der Waals surface area contributed by atoms with Crippen molar-refractivity contribution in [2.75, 3.05) is 6.79 Å². The molecule has 2 aromatic rings. The van der Waals surface area contributed by atoms with E-state index in [9.17, 15) is 0 Å². The van der Waals surface area contributed by atoms with Crippen LogP contribution in [0.15, 0.2) is 22.7 Å². The number of hydrogen-bond acceptors (Lipinski definition) is 5. The molecule has 128 valence electrons. The second-order valence-corrected chi connectivity index (χ2v) is 7.04. The van der Waals surface area contributed by atoms with Crippen molar-refractivity contribution in [3.63, 3.8) is 0 Å². The molecular formula is C18H21ClN2O3. The highest BCUT2D eigenvalue weighted by molar-refractivity contribution is 6.32. The van der Waals surface area contributed by atoms with E-state index in [1.165, 1.54) is 19.3 Å². The summed E-state index contributed by atoms with van der Waals surface area (Å²) in [4.78, 5) is 0. The average molecular weight is 349 g/mol. The highest BCUT2D eigenvalue weighted by Gasteiger charge is 2.28. The Balaban J connectivity index is 1.39. The fraction of sp³-hybridized carbons (Fsp3) is 0.500. The molecule has 0 spiro atoms. The topological polar surface area (TPSA) is 56.5 Å². The number of aryl methyl sites for hydroxylation is 1. The molecule has 1 saturated carbocycles. The molecule has 0 unspecified atom stereocenters. The first kappa shape index (κ1) is 15.8. The molecule has 1 aromatic carbocycles. The molecule has 4 rings (SSSR count). The largest absolute Gasteiger partial charge is 0.454 e. The van der Waals surface area contributed by atoms with Gasteiger partial charge in [-0.2, -0.15) is 0 Å². The Kier molecular flexibility index (Phi) is 4.37. The Bertz CT molecular complexity index is 731. The van der Waals surface area contributed by atoms with Gasteiger partial charge in [-0.3, -0.25) is 0 Å². The normalized spacial score (nSPS) is 22.2. The molecule has 2 atom stereocenters. The fourth-order valence-electron chi connectivity index (χ4n) is 3.69. The summed E-state index contributed by atoms with van der Waals surface area (Å²) < 4.78 is 16.2. The summed E-state index contributed by atoms with van der Waals surface area (Å²) in [7, 11) is 0. The lowest BCUT2D eigenvalue weighted by Gasteiger charge is -2.20. The van der Waals surface area contributed by atoms with Crippen molar-refractivity contribution in [3.05, 3.63) is 40.2 Å². The zero-order valence-corrected chi connectivity index (χ0v) is 14.4. The second kappa shape index (κ2) is 6.65. The smallest absolute Gasteiger partial charge is 0.231 e. The van der Waals surface area contributed by atoms with Crippen LogP contribution >= 0.6 is 11.6 Å². The number of nitrogens with zero attached hydrogens (tertiary/aromatic N) is 1. The zero-order chi connectivity index (χ0) is 16.5. The molecule has 5 nitrogen and oxygen atoms in total. The molecule has 0 saturated heterocycles. The van der Waals surface area contributed by atoms with E-state index in [-0.39, 0.29) is 6.79 Å². The molecule has 1 fully saturated rings. The van der Waals surface area contributed by atoms with Crippen molar-refractivity contribution < 1.29 is 14.0 Å². The molecule has 0 radical (unpaired) electrons. The lowest BCUT2D eigenvalue weighted by Crippen LogP contribution is -2.32. The van der Waals surface area contributed by atoms with E-state index < -0.39 is 0 Å². The number of nitrogens with one attached hydrogen (secondary N) is 1. The van der Waals surface area contributed by atoms with Crippen LogP contribution in [0.1, 0.15) is 36.3 Å². The highest BCUT2D eigenvalue weighted by atomic mass is 35.5. The average Bonchev–Trinajstić information content (AvgIpc) is 3.27. The quantitative estimate of drug-likeness (QED) is 0.889. The zero-order valence-electron chi connectivity index (χ0n) is 13.7. The molecule has 2 heterocycles. The summed E-state index contributed by atoms with van der Waals surface area (Å²) in [6, 6.07) is 6.48. The minimum Gasteiger partial charge on any atom is -0.454 e. The number of hydrogen-bond donors (Lipinski definition) is 1. The highest BCUT2D eigenvalue weighted by Crippen LogP contribution is 2.40. The van der Waals surface area contributed by atoms with Gasteiger partial charge in [-0.05, 0) is 43.4 Å². The number of aromatic nitrogens is 1. The summed E-state index contributed by atoms with van der Waals surface area (Å²) in [6.07, 6.45) is 4.60. The first-order valence-corrected chi connectivity index (χ1v) is 8.80. The van der Waals surface area contributed by atoms with Gasteiger partial charge in [0.25, 0.3) is 0 Å². The van der Waals surface area contributed by atoms with Crippen LogP contribution in [-0.2, 0) is 13.0 Å². The minimum absolute atomic E-state index is 0.243. The molecule has 0 amide bonds. The van der Waals surface area contributed by atoms with Gasteiger partial charge in [0.2, 0.25) is 6.79 Å². The third-order valence-electron chi connectivity index (χ3n) is 4.85. The number of rotatable bonds is 5. The molecule has 1 N–H and O–H groups in total. The lowest BCUT2D eigenvalue weighted by atomic mass is 9.97. The fourth-order valence-corrected chi connectivity index (χ4v) is 3.98. The minimum atomic E-state index is 0.243. The van der Waals surface area contributed by atoms with Gasteiger partial charge >= 0.3 is 0 Å². The maximum absolute atomic E-state index is 6.26. The Morgan fingerprint density at radius 1 is 1.25 bits per heavy atom. The lowest BCUT2D eigenvalue weighted by molar-refractivity contribution is 0.174. The first-order valence-electron chi connectivity index (χ1n) is 8.42. The van der Waals surface area contributed by atoms with Crippen molar-refractivity contribution in [2.45, 2.75) is 45.2 Å². The van der Waals surface area contributed by atoms with Gasteiger partial charge in [0.05, 0.1) is 10.7 Å². The molecule has 1 aromatic heterocycles. The van der Waals surface area contributed by atoms with Crippen molar-refractivity contribution in [2.24, 2.45) is 5.92 Å². The first-order chi connectivity index (χ1) is 11.7. The van der Waals surface area contributed by atoms with Crippen molar-refractivity contribution in [3.8, 4) is 11.5 Å².